The number of nitrogens with one attached hydrogen (secondary N) is 2. The molecule has 4 saturated heterocycles. The van der Waals surface area contributed by atoms with Crippen molar-refractivity contribution < 1.29 is 38.4 Å². The second-order valence-electron chi connectivity index (χ2n) is 13.5. The number of hydrogen-bond acceptors (Lipinski definition) is 8. The highest BCUT2D eigenvalue weighted by Gasteiger charge is 2.58. The molecule has 3 amide bonds. The molecule has 0 aromatic heterocycles. The van der Waals surface area contributed by atoms with Gasteiger partial charge in [-0.25, -0.2) is 4.79 Å². The van der Waals surface area contributed by atoms with Crippen molar-refractivity contribution >= 4 is 17.9 Å². The van der Waals surface area contributed by atoms with Crippen LogP contribution in [0.15, 0.2) is 36.0 Å². The summed E-state index contributed by atoms with van der Waals surface area (Å²) >= 11 is 0. The Labute approximate surface area is 274 Å². The molecular formula is C35H55N3O8. The number of aliphatic hydroxyl groups is 1. The average Bonchev–Trinajstić information content (AvgIpc) is 3.81. The van der Waals surface area contributed by atoms with Crippen LogP contribution in [-0.4, -0.2) is 102 Å². The van der Waals surface area contributed by atoms with Crippen LogP contribution in [0.4, 0.5) is 4.79 Å². The molecule has 0 saturated carbocycles. The molecule has 0 radical (unpaired) electrons. The molecule has 0 aliphatic carbocycles. The molecule has 11 heteroatoms. The molecule has 0 aromatic rings. The maximum absolute atomic E-state index is 12.7. The molecule has 4 heterocycles. The number of nitrogens with zero attached hydrogens (tertiary/aromatic N) is 1. The van der Waals surface area contributed by atoms with Crippen molar-refractivity contribution in [1.29, 1.82) is 0 Å². The number of hydrogen-bond donors (Lipinski definition) is 3. The largest absolute Gasteiger partial charge is 0.442 e. The highest BCUT2D eigenvalue weighted by Crippen LogP contribution is 2.43. The maximum atomic E-state index is 12.7. The Hall–Kier alpha value is -2.73. The summed E-state index contributed by atoms with van der Waals surface area (Å²) in [7, 11) is 0. The zero-order chi connectivity index (χ0) is 33.3. The maximum Gasteiger partial charge on any atom is 0.410 e. The van der Waals surface area contributed by atoms with Crippen LogP contribution < -0.4 is 10.6 Å². The Bertz CT molecular complexity index is 1130. The van der Waals surface area contributed by atoms with Crippen LogP contribution in [0.1, 0.15) is 86.0 Å². The van der Waals surface area contributed by atoms with Crippen molar-refractivity contribution in [2.75, 3.05) is 26.2 Å². The molecule has 4 aliphatic rings. The third-order valence-corrected chi connectivity index (χ3v) is 9.46. The monoisotopic (exact) mass is 645 g/mol. The predicted octanol–water partition coefficient (Wildman–Crippen LogP) is 3.95. The molecule has 46 heavy (non-hydrogen) atoms. The minimum Gasteiger partial charge on any atom is -0.442 e. The number of amides is 3. The minimum absolute atomic E-state index is 0.00179. The van der Waals surface area contributed by atoms with Gasteiger partial charge in [0.15, 0.2) is 0 Å². The molecule has 4 fully saturated rings. The first-order valence-corrected chi connectivity index (χ1v) is 17.2. The van der Waals surface area contributed by atoms with Crippen LogP contribution >= 0.6 is 0 Å². The fourth-order valence-corrected chi connectivity index (χ4v) is 6.48. The van der Waals surface area contributed by atoms with Crippen LogP contribution in [0.3, 0.4) is 0 Å². The Morgan fingerprint density at radius 3 is 2.57 bits per heavy atom. The van der Waals surface area contributed by atoms with Crippen molar-refractivity contribution in [3.63, 3.8) is 0 Å². The third-order valence-electron chi connectivity index (χ3n) is 9.46. The first-order chi connectivity index (χ1) is 22.0. The molecule has 11 nitrogen and oxygen atoms in total. The van der Waals surface area contributed by atoms with E-state index in [0.29, 0.717) is 26.0 Å². The van der Waals surface area contributed by atoms with Gasteiger partial charge in [0.05, 0.1) is 37.4 Å². The number of rotatable bonds is 12. The molecule has 0 aromatic carbocycles. The first-order valence-electron chi connectivity index (χ1n) is 17.2. The fourth-order valence-electron chi connectivity index (χ4n) is 6.48. The van der Waals surface area contributed by atoms with Gasteiger partial charge in [0.2, 0.25) is 11.8 Å². The van der Waals surface area contributed by atoms with E-state index in [9.17, 15) is 19.5 Å². The van der Waals surface area contributed by atoms with Crippen molar-refractivity contribution in [2.45, 2.75) is 134 Å². The number of aliphatic hydroxyl groups excluding tert-OH is 1. The van der Waals surface area contributed by atoms with E-state index in [2.05, 4.69) is 23.6 Å². The molecule has 4 rings (SSSR count). The molecule has 3 N–H and O–H groups in total. The normalized spacial score (nSPS) is 34.1. The smallest absolute Gasteiger partial charge is 0.410 e. The summed E-state index contributed by atoms with van der Waals surface area (Å²) < 4.78 is 23.6. The number of carbonyl (C=O) groups excluding carboxylic acids is 3. The Balaban J connectivity index is 1.21. The Morgan fingerprint density at radius 2 is 1.87 bits per heavy atom. The summed E-state index contributed by atoms with van der Waals surface area (Å²) in [5.41, 5.74) is 0.394. The highest BCUT2D eigenvalue weighted by atomic mass is 16.6. The summed E-state index contributed by atoms with van der Waals surface area (Å²) in [6, 6.07) is -0.126. The van der Waals surface area contributed by atoms with Gasteiger partial charge >= 0.3 is 6.09 Å². The number of epoxide rings is 1. The van der Waals surface area contributed by atoms with Crippen LogP contribution in [0.25, 0.3) is 0 Å². The van der Waals surface area contributed by atoms with Gasteiger partial charge < -0.3 is 39.6 Å². The van der Waals surface area contributed by atoms with Crippen LogP contribution in [0, 0.1) is 5.92 Å². The van der Waals surface area contributed by atoms with E-state index in [4.69, 9.17) is 18.9 Å². The van der Waals surface area contributed by atoms with Gasteiger partial charge in [-0.05, 0) is 71.3 Å². The van der Waals surface area contributed by atoms with Crippen LogP contribution in [0.5, 0.6) is 0 Å². The molecule has 258 valence electrons. The Kier molecular flexibility index (Phi) is 13.3. The minimum atomic E-state index is -0.783. The number of likely N-dealkylation sites (tertiary alicyclic amines) is 1. The number of ether oxygens (including phenoxy) is 4. The van der Waals surface area contributed by atoms with E-state index in [1.165, 1.54) is 6.08 Å². The van der Waals surface area contributed by atoms with E-state index >= 15 is 0 Å². The summed E-state index contributed by atoms with van der Waals surface area (Å²) in [5, 5.41) is 16.8. The Morgan fingerprint density at radius 1 is 1.13 bits per heavy atom. The van der Waals surface area contributed by atoms with Crippen LogP contribution in [-0.2, 0) is 28.5 Å². The lowest BCUT2D eigenvalue weighted by Gasteiger charge is -2.39. The molecule has 1 unspecified atom stereocenters. The van der Waals surface area contributed by atoms with Crippen LogP contribution in [0.2, 0.25) is 0 Å². The van der Waals surface area contributed by atoms with Crippen molar-refractivity contribution in [2.24, 2.45) is 5.92 Å². The summed E-state index contributed by atoms with van der Waals surface area (Å²) in [6.07, 6.45) is 12.6. The summed E-state index contributed by atoms with van der Waals surface area (Å²) in [5.74, 6) is -0.0625. The molecule has 9 atom stereocenters. The fraction of sp³-hybridized carbons (Fsp3) is 0.743. The zero-order valence-corrected chi connectivity index (χ0v) is 28.2. The van der Waals surface area contributed by atoms with E-state index in [1.807, 2.05) is 32.9 Å². The van der Waals surface area contributed by atoms with Crippen molar-refractivity contribution in [3.05, 3.63) is 36.0 Å². The zero-order valence-electron chi connectivity index (χ0n) is 28.2. The lowest BCUT2D eigenvalue weighted by Crippen LogP contribution is -2.50. The molecule has 0 bridgehead atoms. The molecule has 1 spiro atoms. The topological polar surface area (TPSA) is 139 Å². The quantitative estimate of drug-likeness (QED) is 0.165. The van der Waals surface area contributed by atoms with E-state index in [1.54, 1.807) is 17.9 Å². The molecular weight excluding hydrogens is 590 g/mol. The van der Waals surface area contributed by atoms with Gasteiger partial charge in [0.1, 0.15) is 23.9 Å². The van der Waals surface area contributed by atoms with Crippen molar-refractivity contribution in [3.8, 4) is 0 Å². The van der Waals surface area contributed by atoms with Gasteiger partial charge in [0, 0.05) is 32.1 Å². The first kappa shape index (κ1) is 36.1. The van der Waals surface area contributed by atoms with Gasteiger partial charge in [-0.1, -0.05) is 37.6 Å². The second kappa shape index (κ2) is 16.9. The SMILES string of the molecule is CCCNC(=O)C[C@@H]1C[C@@]2(CO2)[C@H](O)[C@@H](C=CC(C)=CC[C@@H]2O[C@H](C)[C@H](NC(=O)C=CC(C)OC(=O)N3CCCCC3)C[C@@H]2C)O1. The predicted molar refractivity (Wildman–Crippen MR) is 174 cm³/mol. The second-order valence-corrected chi connectivity index (χ2v) is 13.5. The number of carbonyl (C=O) groups is 3. The highest BCUT2D eigenvalue weighted by molar-refractivity contribution is 5.87. The average molecular weight is 646 g/mol. The number of allylic oxidation sites excluding steroid dienone is 2. The summed E-state index contributed by atoms with van der Waals surface area (Å²) in [6.45, 7) is 12.4. The standard InChI is InChI=1S/C35H55N3O8/c1-6-16-36-32(40)20-27-21-35(22-43-35)33(41)30(46-27)14-11-23(2)10-13-29-24(3)19-28(26(5)45-29)37-31(39)15-12-25(4)44-34(42)38-17-8-7-9-18-38/h10-12,14-15,24-30,33,41H,6-9,13,16-22H2,1-5H3,(H,36,40)(H,37,39)/t24-,25?,26+,27+,28+,29-,30+,33+,35+/m0/s1. The van der Waals surface area contributed by atoms with Gasteiger partial charge in [-0.2, -0.15) is 0 Å². The van der Waals surface area contributed by atoms with Crippen molar-refractivity contribution in [1.82, 2.24) is 15.5 Å². The van der Waals surface area contributed by atoms with Gasteiger partial charge in [-0.15, -0.1) is 0 Å². The van der Waals surface area contributed by atoms with Gasteiger partial charge in [0.25, 0.3) is 0 Å². The van der Waals surface area contributed by atoms with E-state index in [-0.39, 0.29) is 54.6 Å². The summed E-state index contributed by atoms with van der Waals surface area (Å²) in [4.78, 5) is 39.0. The lowest BCUT2D eigenvalue weighted by molar-refractivity contribution is -0.145. The lowest BCUT2D eigenvalue weighted by atomic mass is 9.87. The van der Waals surface area contributed by atoms with E-state index < -0.39 is 23.9 Å². The van der Waals surface area contributed by atoms with E-state index in [0.717, 1.165) is 50.8 Å². The third kappa shape index (κ3) is 10.4. The van der Waals surface area contributed by atoms with Gasteiger partial charge in [-0.3, -0.25) is 9.59 Å². The molecule has 4 aliphatic heterocycles. The number of piperidine rings is 1.